The van der Waals surface area contributed by atoms with Crippen LogP contribution in [0.3, 0.4) is 0 Å². The van der Waals surface area contributed by atoms with E-state index in [9.17, 15) is 14.0 Å². The number of hydrogen-bond donors (Lipinski definition) is 0. The van der Waals surface area contributed by atoms with Crippen LogP contribution in [-0.2, 0) is 14.3 Å². The van der Waals surface area contributed by atoms with Gasteiger partial charge in [-0.15, -0.1) is 0 Å². The normalized spacial score (nSPS) is 21.6. The van der Waals surface area contributed by atoms with Crippen LogP contribution in [-0.4, -0.2) is 50.1 Å². The lowest BCUT2D eigenvalue weighted by Gasteiger charge is -2.26. The number of rotatable bonds is 5. The van der Waals surface area contributed by atoms with Crippen LogP contribution in [0.5, 0.6) is 0 Å². The Hall–Kier alpha value is -1.95. The summed E-state index contributed by atoms with van der Waals surface area (Å²) in [7, 11) is 1.80. The summed E-state index contributed by atoms with van der Waals surface area (Å²) in [6.45, 7) is 2.64. The average Bonchev–Trinajstić information content (AvgIpc) is 3.01. The van der Waals surface area contributed by atoms with Crippen molar-refractivity contribution in [2.24, 2.45) is 11.8 Å². The van der Waals surface area contributed by atoms with Crippen LogP contribution < -0.4 is 4.90 Å². The number of nitrogens with zero attached hydrogens (tertiary/aromatic N) is 2. The Kier molecular flexibility index (Phi) is 5.68. The van der Waals surface area contributed by atoms with Gasteiger partial charge in [0.2, 0.25) is 11.8 Å². The molecule has 3 rings (SSSR count). The highest BCUT2D eigenvalue weighted by Crippen LogP contribution is 2.27. The van der Waals surface area contributed by atoms with E-state index in [0.717, 1.165) is 32.5 Å². The molecule has 0 aromatic heterocycles. The second-order valence-corrected chi connectivity index (χ2v) is 6.99. The summed E-state index contributed by atoms with van der Waals surface area (Å²) < 4.78 is 18.7. The second kappa shape index (κ2) is 7.95. The Labute approximate surface area is 147 Å². The number of hydrogen-bond acceptors (Lipinski definition) is 3. The molecule has 25 heavy (non-hydrogen) atoms. The van der Waals surface area contributed by atoms with E-state index >= 15 is 0 Å². The highest BCUT2D eigenvalue weighted by molar-refractivity contribution is 6.00. The zero-order valence-corrected chi connectivity index (χ0v) is 14.6. The number of carbonyl (C=O) groups excluding carboxylic acids is 2. The summed E-state index contributed by atoms with van der Waals surface area (Å²) >= 11 is 0. The lowest BCUT2D eigenvalue weighted by atomic mass is 9.96. The first-order valence-corrected chi connectivity index (χ1v) is 8.93. The molecule has 0 unspecified atom stereocenters. The van der Waals surface area contributed by atoms with E-state index < -0.39 is 0 Å². The van der Waals surface area contributed by atoms with Gasteiger partial charge in [-0.05, 0) is 43.4 Å². The van der Waals surface area contributed by atoms with Gasteiger partial charge in [0.1, 0.15) is 5.82 Å². The lowest BCUT2D eigenvalue weighted by Crippen LogP contribution is -2.36. The zero-order valence-electron chi connectivity index (χ0n) is 14.6. The molecule has 0 radical (unpaired) electrons. The first-order chi connectivity index (χ1) is 12.0. The molecule has 2 amide bonds. The van der Waals surface area contributed by atoms with Crippen molar-refractivity contribution in [1.82, 2.24) is 4.90 Å². The minimum absolute atomic E-state index is 0.000637. The molecule has 136 valence electrons. The lowest BCUT2D eigenvalue weighted by molar-refractivity contribution is -0.134. The molecular weight excluding hydrogens is 323 g/mol. The standard InChI is InChI=1S/C19H25FN2O3/c1-21(8-5-14-6-9-25-10-7-14)19(24)15-11-18(23)22(13-15)17-4-2-3-16(20)12-17/h2-4,12,14-15H,5-11,13H2,1H3/t15-/m1/s1. The molecule has 2 heterocycles. The maximum Gasteiger partial charge on any atom is 0.227 e. The summed E-state index contributed by atoms with van der Waals surface area (Å²) in [5, 5.41) is 0. The molecule has 2 fully saturated rings. The molecule has 0 aliphatic carbocycles. The average molecular weight is 348 g/mol. The molecular formula is C19H25FN2O3. The molecule has 1 aromatic rings. The van der Waals surface area contributed by atoms with Crippen LogP contribution in [0.1, 0.15) is 25.7 Å². The second-order valence-electron chi connectivity index (χ2n) is 6.99. The van der Waals surface area contributed by atoms with Gasteiger partial charge in [-0.2, -0.15) is 0 Å². The largest absolute Gasteiger partial charge is 0.381 e. The van der Waals surface area contributed by atoms with Gasteiger partial charge in [0, 0.05) is 45.5 Å². The maximum absolute atomic E-state index is 13.4. The smallest absolute Gasteiger partial charge is 0.227 e. The molecule has 2 saturated heterocycles. The fourth-order valence-corrected chi connectivity index (χ4v) is 3.60. The topological polar surface area (TPSA) is 49.9 Å². The van der Waals surface area contributed by atoms with E-state index in [1.54, 1.807) is 24.1 Å². The van der Waals surface area contributed by atoms with Crippen molar-refractivity contribution in [1.29, 1.82) is 0 Å². The van der Waals surface area contributed by atoms with Crippen molar-refractivity contribution in [2.45, 2.75) is 25.7 Å². The van der Waals surface area contributed by atoms with E-state index in [4.69, 9.17) is 4.74 Å². The Bertz CT molecular complexity index is 631. The highest BCUT2D eigenvalue weighted by Gasteiger charge is 2.36. The van der Waals surface area contributed by atoms with Gasteiger partial charge in [-0.3, -0.25) is 9.59 Å². The molecule has 5 nitrogen and oxygen atoms in total. The summed E-state index contributed by atoms with van der Waals surface area (Å²) in [5.41, 5.74) is 0.519. The number of ether oxygens (including phenoxy) is 1. The first kappa shape index (κ1) is 17.9. The predicted molar refractivity (Wildman–Crippen MR) is 92.7 cm³/mol. The van der Waals surface area contributed by atoms with Crippen LogP contribution >= 0.6 is 0 Å². The van der Waals surface area contributed by atoms with Gasteiger partial charge in [0.15, 0.2) is 0 Å². The fraction of sp³-hybridized carbons (Fsp3) is 0.579. The first-order valence-electron chi connectivity index (χ1n) is 8.93. The van der Waals surface area contributed by atoms with Gasteiger partial charge in [0.05, 0.1) is 5.92 Å². The van der Waals surface area contributed by atoms with E-state index in [-0.39, 0.29) is 30.0 Å². The quantitative estimate of drug-likeness (QED) is 0.821. The number of carbonyl (C=O) groups is 2. The summed E-state index contributed by atoms with van der Waals surface area (Å²) in [4.78, 5) is 28.2. The molecule has 1 aromatic carbocycles. The molecule has 0 N–H and O–H groups in total. The van der Waals surface area contributed by atoms with Gasteiger partial charge < -0.3 is 14.5 Å². The van der Waals surface area contributed by atoms with Crippen LogP contribution in [0.25, 0.3) is 0 Å². The zero-order chi connectivity index (χ0) is 17.8. The third-order valence-corrected chi connectivity index (χ3v) is 5.18. The Morgan fingerprint density at radius 2 is 2.12 bits per heavy atom. The number of amides is 2. The highest BCUT2D eigenvalue weighted by atomic mass is 19.1. The predicted octanol–water partition coefficient (Wildman–Crippen LogP) is 2.45. The van der Waals surface area contributed by atoms with E-state index in [1.807, 2.05) is 0 Å². The van der Waals surface area contributed by atoms with Gasteiger partial charge >= 0.3 is 0 Å². The van der Waals surface area contributed by atoms with E-state index in [0.29, 0.717) is 24.7 Å². The van der Waals surface area contributed by atoms with Crippen molar-refractivity contribution in [3.05, 3.63) is 30.1 Å². The SMILES string of the molecule is CN(CCC1CCOCC1)C(=O)[C@@H]1CC(=O)N(c2cccc(F)c2)C1. The van der Waals surface area contributed by atoms with Gasteiger partial charge in [0.25, 0.3) is 0 Å². The van der Waals surface area contributed by atoms with Crippen molar-refractivity contribution in [3.63, 3.8) is 0 Å². The number of benzene rings is 1. The Balaban J connectivity index is 1.54. The Morgan fingerprint density at radius 1 is 1.36 bits per heavy atom. The molecule has 0 bridgehead atoms. The molecule has 0 saturated carbocycles. The maximum atomic E-state index is 13.4. The molecule has 6 heteroatoms. The monoisotopic (exact) mass is 348 g/mol. The van der Waals surface area contributed by atoms with Crippen LogP contribution in [0, 0.1) is 17.7 Å². The third kappa shape index (κ3) is 4.37. The third-order valence-electron chi connectivity index (χ3n) is 5.18. The minimum atomic E-state index is -0.381. The molecule has 2 aliphatic rings. The van der Waals surface area contributed by atoms with Crippen molar-refractivity contribution >= 4 is 17.5 Å². The van der Waals surface area contributed by atoms with E-state index in [2.05, 4.69) is 0 Å². The van der Waals surface area contributed by atoms with Crippen LogP contribution in [0.2, 0.25) is 0 Å². The molecule has 0 spiro atoms. The Morgan fingerprint density at radius 3 is 2.84 bits per heavy atom. The fourth-order valence-electron chi connectivity index (χ4n) is 3.60. The molecule has 1 atom stereocenters. The molecule has 2 aliphatic heterocycles. The summed E-state index contributed by atoms with van der Waals surface area (Å²) in [6, 6.07) is 5.95. The van der Waals surface area contributed by atoms with Crippen molar-refractivity contribution in [2.75, 3.05) is 38.3 Å². The van der Waals surface area contributed by atoms with Crippen molar-refractivity contribution in [3.8, 4) is 0 Å². The van der Waals surface area contributed by atoms with Crippen molar-refractivity contribution < 1.29 is 18.7 Å². The van der Waals surface area contributed by atoms with Crippen LogP contribution in [0.15, 0.2) is 24.3 Å². The minimum Gasteiger partial charge on any atom is -0.381 e. The summed E-state index contributed by atoms with van der Waals surface area (Å²) in [5.74, 6) is -0.247. The number of anilines is 1. The van der Waals surface area contributed by atoms with Gasteiger partial charge in [-0.1, -0.05) is 6.07 Å². The van der Waals surface area contributed by atoms with E-state index in [1.165, 1.54) is 17.0 Å². The van der Waals surface area contributed by atoms with Crippen LogP contribution in [0.4, 0.5) is 10.1 Å². The number of halogens is 1. The van der Waals surface area contributed by atoms with Gasteiger partial charge in [-0.25, -0.2) is 4.39 Å². The summed E-state index contributed by atoms with van der Waals surface area (Å²) in [6.07, 6.45) is 3.27.